The van der Waals surface area contributed by atoms with E-state index in [-0.39, 0.29) is 12.5 Å². The zero-order valence-corrected chi connectivity index (χ0v) is 40.9. The van der Waals surface area contributed by atoms with Crippen molar-refractivity contribution in [3.05, 3.63) is 0 Å². The minimum Gasteiger partial charge on any atom is -0.481 e. The Hall–Kier alpha value is -1.45. The third-order valence-electron chi connectivity index (χ3n) is 14.0. The van der Waals surface area contributed by atoms with E-state index in [1.54, 1.807) is 0 Å². The third kappa shape index (κ3) is 15.6. The van der Waals surface area contributed by atoms with Gasteiger partial charge in [-0.3, -0.25) is 4.79 Å². The van der Waals surface area contributed by atoms with Crippen LogP contribution in [0, 0.1) is 0 Å². The first-order valence-corrected chi connectivity index (χ1v) is 25.2. The summed E-state index contributed by atoms with van der Waals surface area (Å²) >= 11 is 0. The van der Waals surface area contributed by atoms with E-state index >= 15 is 0 Å². The quantitative estimate of drug-likeness (QED) is 0.0378. The molecule has 416 valence electrons. The Labute approximate surface area is 413 Å². The fourth-order valence-corrected chi connectivity index (χ4v) is 9.60. The Morgan fingerprint density at radius 1 is 0.423 bits per heavy atom. The summed E-state index contributed by atoms with van der Waals surface area (Å²) in [6.45, 7) is 4.89. The van der Waals surface area contributed by atoms with Gasteiger partial charge >= 0.3 is 5.97 Å². The Morgan fingerprint density at radius 3 is 1.32 bits per heavy atom. The zero-order chi connectivity index (χ0) is 52.3. The van der Waals surface area contributed by atoms with Gasteiger partial charge in [-0.2, -0.15) is 0 Å². The number of aliphatic hydroxyl groups is 13. The normalized spacial score (nSPS) is 44.9. The molecule has 71 heavy (non-hydrogen) atoms. The van der Waals surface area contributed by atoms with Crippen LogP contribution in [0.1, 0.15) is 111 Å². The van der Waals surface area contributed by atoms with Gasteiger partial charge in [-0.15, -0.1) is 0 Å². The fraction of sp³-hybridized carbons (Fsp3) is 0.978. The second-order valence-electron chi connectivity index (χ2n) is 19.5. The molecule has 5 heterocycles. The lowest BCUT2D eigenvalue weighted by Crippen LogP contribution is -2.67. The van der Waals surface area contributed by atoms with Crippen molar-refractivity contribution in [1.29, 1.82) is 0 Å². The number of carbonyl (C=O) groups is 1. The van der Waals surface area contributed by atoms with Crippen molar-refractivity contribution >= 4 is 5.97 Å². The first-order valence-electron chi connectivity index (χ1n) is 25.2. The van der Waals surface area contributed by atoms with Crippen molar-refractivity contribution in [3.63, 3.8) is 0 Å². The molecule has 0 amide bonds. The Morgan fingerprint density at radius 2 is 0.803 bits per heavy atom. The zero-order valence-electron chi connectivity index (χ0n) is 40.9. The number of unbranched alkanes of at least 4 members (excludes halogenated alkanes) is 8. The molecule has 5 saturated heterocycles. The van der Waals surface area contributed by atoms with Gasteiger partial charge in [0.1, 0.15) is 104 Å². The first-order chi connectivity index (χ1) is 33.7. The number of hydrogen-bond acceptors (Lipinski definition) is 24. The Bertz CT molecular complexity index is 1540. The highest BCUT2D eigenvalue weighted by Gasteiger charge is 2.56. The maximum absolute atomic E-state index is 11.5. The predicted molar refractivity (Wildman–Crippen MR) is 238 cm³/mol. The number of rotatable bonds is 26. The van der Waals surface area contributed by atoms with E-state index < -0.39 is 173 Å². The van der Waals surface area contributed by atoms with Crippen LogP contribution in [0.15, 0.2) is 0 Å². The third-order valence-corrected chi connectivity index (χ3v) is 14.0. The van der Waals surface area contributed by atoms with Gasteiger partial charge in [0.25, 0.3) is 0 Å². The largest absolute Gasteiger partial charge is 0.481 e. The van der Waals surface area contributed by atoms with Gasteiger partial charge in [-0.25, -0.2) is 0 Å². The Balaban J connectivity index is 1.20. The molecule has 0 saturated carbocycles. The second-order valence-corrected chi connectivity index (χ2v) is 19.5. The number of ether oxygens (including phenoxy) is 10. The van der Waals surface area contributed by atoms with Crippen molar-refractivity contribution in [2.24, 2.45) is 0 Å². The van der Waals surface area contributed by atoms with Crippen LogP contribution in [0.3, 0.4) is 0 Å². The smallest absolute Gasteiger partial charge is 0.303 e. The van der Waals surface area contributed by atoms with Gasteiger partial charge in [-0.05, 0) is 40.0 Å². The van der Waals surface area contributed by atoms with Crippen LogP contribution in [0.5, 0.6) is 0 Å². The molecule has 5 rings (SSSR count). The van der Waals surface area contributed by atoms with Crippen molar-refractivity contribution in [3.8, 4) is 0 Å². The number of aliphatic carboxylic acids is 1. The van der Waals surface area contributed by atoms with Gasteiger partial charge < -0.3 is 119 Å². The average molecular weight is 1040 g/mol. The van der Waals surface area contributed by atoms with E-state index in [1.165, 1.54) is 20.8 Å². The van der Waals surface area contributed by atoms with Gasteiger partial charge in [0.15, 0.2) is 31.5 Å². The van der Waals surface area contributed by atoms with Gasteiger partial charge in [-0.1, -0.05) is 64.7 Å². The summed E-state index contributed by atoms with van der Waals surface area (Å²) in [5, 5.41) is 149. The van der Waals surface area contributed by atoms with Gasteiger partial charge in [0.05, 0.1) is 37.6 Å². The van der Waals surface area contributed by atoms with Crippen LogP contribution in [0.25, 0.3) is 0 Å². The standard InChI is InChI=1S/C46H82O25/c1-5-6-12-15-23(16-13-10-8-7-9-11-14-17-26(49)50)65-46-41(32(56)29(53)25(19-48)67-46)70-43-37(61)33(57)38(21(3)64-43)68-42-36(60)34(58)39(22(4)63-42)69-45-40(31(55)27(51)20(2)62-45)71-44-35(59)30(54)28(52)24(18-47)66-44/h20-25,27-48,51-61H,5-19H2,1-4H3,(H,49,50)/t20-,21-,22-,23?,24+,25+,27-,28+,29+,30-,31+,32-,33-,34-,35+,36+,37+,38-,39-,40+,41+,42-,43+,44-,45-,46+/m0/s1. The average Bonchev–Trinajstić information content (AvgIpc) is 3.33. The summed E-state index contributed by atoms with van der Waals surface area (Å²) in [6, 6.07) is 0. The summed E-state index contributed by atoms with van der Waals surface area (Å²) < 4.78 is 59.2. The minimum absolute atomic E-state index is 0.155. The molecule has 5 aliphatic rings. The van der Waals surface area contributed by atoms with E-state index in [4.69, 9.17) is 52.5 Å². The van der Waals surface area contributed by atoms with Crippen molar-refractivity contribution in [1.82, 2.24) is 0 Å². The topological polar surface area (TPSA) is 393 Å². The molecular weight excluding hydrogens is 952 g/mol. The van der Waals surface area contributed by atoms with Crippen LogP contribution < -0.4 is 0 Å². The molecule has 14 N–H and O–H groups in total. The molecule has 5 aliphatic heterocycles. The molecule has 0 radical (unpaired) electrons. The summed E-state index contributed by atoms with van der Waals surface area (Å²) in [6.07, 6.45) is -30.3. The maximum atomic E-state index is 11.5. The molecule has 0 aromatic rings. The van der Waals surface area contributed by atoms with E-state index in [2.05, 4.69) is 6.92 Å². The molecule has 25 nitrogen and oxygen atoms in total. The van der Waals surface area contributed by atoms with Crippen LogP contribution in [-0.4, -0.2) is 250 Å². The van der Waals surface area contributed by atoms with Crippen LogP contribution in [-0.2, 0) is 52.2 Å². The van der Waals surface area contributed by atoms with E-state index in [0.717, 1.165) is 57.8 Å². The van der Waals surface area contributed by atoms with Gasteiger partial charge in [0, 0.05) is 6.42 Å². The monoisotopic (exact) mass is 1030 g/mol. The molecule has 25 heteroatoms. The summed E-state index contributed by atoms with van der Waals surface area (Å²) in [5.74, 6) is -0.803. The number of aliphatic hydroxyl groups excluding tert-OH is 13. The predicted octanol–water partition coefficient (Wildman–Crippen LogP) is -3.27. The Kier molecular flexibility index (Phi) is 24.3. The molecule has 0 bridgehead atoms. The SMILES string of the molecule is CCCCCC(CCCCCCCCCC(=O)O)O[C@@H]1O[C@H](CO)[C@@H](O)[C@H](O)[C@H]1O[C@H]1O[C@@H](C)[C@H](O[C@@H]2O[C@@H](C)[C@H](O[C@@H]3O[C@@H](C)[C@H](O)[C@@H](O)[C@H]3O[C@@H]3O[C@H](CO)[C@@H](O)[C@H](O)[C@H]3O)[C@@H](O)[C@H]2O)[C@@H](O)[C@H]1O. The van der Waals surface area contributed by atoms with Crippen molar-refractivity contribution < 1.29 is 124 Å². The molecule has 1 unspecified atom stereocenters. The number of carboxylic acid groups (broad SMARTS) is 1. The van der Waals surface area contributed by atoms with E-state index in [1.807, 2.05) is 0 Å². The highest BCUT2D eigenvalue weighted by molar-refractivity contribution is 5.66. The molecule has 5 fully saturated rings. The number of hydrogen-bond donors (Lipinski definition) is 14. The highest BCUT2D eigenvalue weighted by Crippen LogP contribution is 2.36. The molecule has 0 aromatic carbocycles. The molecule has 26 atom stereocenters. The van der Waals surface area contributed by atoms with E-state index in [9.17, 15) is 71.2 Å². The lowest BCUT2D eigenvalue weighted by molar-refractivity contribution is -0.395. The maximum Gasteiger partial charge on any atom is 0.303 e. The van der Waals surface area contributed by atoms with Crippen LogP contribution >= 0.6 is 0 Å². The molecule has 0 aliphatic carbocycles. The summed E-state index contributed by atoms with van der Waals surface area (Å²) in [5.41, 5.74) is 0. The van der Waals surface area contributed by atoms with Crippen LogP contribution in [0.4, 0.5) is 0 Å². The molecule has 0 aromatic heterocycles. The summed E-state index contributed by atoms with van der Waals surface area (Å²) in [7, 11) is 0. The van der Waals surface area contributed by atoms with Crippen LogP contribution in [0.2, 0.25) is 0 Å². The molecule has 0 spiro atoms. The first kappa shape index (κ1) is 60.4. The fourth-order valence-electron chi connectivity index (χ4n) is 9.60. The summed E-state index contributed by atoms with van der Waals surface area (Å²) in [4.78, 5) is 10.8. The van der Waals surface area contributed by atoms with Gasteiger partial charge in [0.2, 0.25) is 0 Å². The number of carboxylic acids is 1. The lowest BCUT2D eigenvalue weighted by atomic mass is 9.96. The second kappa shape index (κ2) is 28.6. The highest BCUT2D eigenvalue weighted by atomic mass is 16.8. The lowest BCUT2D eigenvalue weighted by Gasteiger charge is -2.49. The minimum atomic E-state index is -1.92. The van der Waals surface area contributed by atoms with Crippen molar-refractivity contribution in [2.75, 3.05) is 13.2 Å². The van der Waals surface area contributed by atoms with Crippen molar-refractivity contribution in [2.45, 2.75) is 271 Å². The van der Waals surface area contributed by atoms with E-state index in [0.29, 0.717) is 19.3 Å². The molecular formula is C46H82O25.